The Balaban J connectivity index is 0.00000192. The van der Waals surface area contributed by atoms with Crippen LogP contribution < -0.4 is 10.6 Å². The molecule has 1 aliphatic carbocycles. The second kappa shape index (κ2) is 7.05. The van der Waals surface area contributed by atoms with E-state index in [1.165, 1.54) is 4.90 Å². The highest BCUT2D eigenvalue weighted by Crippen LogP contribution is 2.35. The number of nitrogens with one attached hydrogen (secondary N) is 2. The van der Waals surface area contributed by atoms with Gasteiger partial charge in [0, 0.05) is 38.6 Å². The Morgan fingerprint density at radius 3 is 2.65 bits per heavy atom. The third-order valence-corrected chi connectivity index (χ3v) is 5.07. The van der Waals surface area contributed by atoms with Gasteiger partial charge in [-0.3, -0.25) is 14.5 Å². The van der Waals surface area contributed by atoms with Gasteiger partial charge >= 0.3 is 6.03 Å². The van der Waals surface area contributed by atoms with Gasteiger partial charge in [-0.2, -0.15) is 0 Å². The van der Waals surface area contributed by atoms with Crippen LogP contribution in [0.1, 0.15) is 39.0 Å². The molecule has 1 saturated carbocycles. The number of hydrogen-bond donors (Lipinski definition) is 2. The molecule has 3 aliphatic rings. The minimum atomic E-state index is -0.678. The van der Waals surface area contributed by atoms with Gasteiger partial charge in [0.25, 0.3) is 5.91 Å². The molecule has 2 saturated heterocycles. The summed E-state index contributed by atoms with van der Waals surface area (Å²) in [6.07, 6.45) is 3.58. The van der Waals surface area contributed by atoms with Crippen LogP contribution in [0.25, 0.3) is 0 Å². The van der Waals surface area contributed by atoms with Crippen molar-refractivity contribution >= 4 is 30.3 Å². The number of piperazine rings is 1. The maximum Gasteiger partial charge on any atom is 0.325 e. The van der Waals surface area contributed by atoms with Crippen LogP contribution in [0.4, 0.5) is 4.79 Å². The summed E-state index contributed by atoms with van der Waals surface area (Å²) in [5.41, 5.74) is -0.678. The minimum Gasteiger partial charge on any atom is -0.337 e. The highest BCUT2D eigenvalue weighted by atomic mass is 35.5. The van der Waals surface area contributed by atoms with Crippen molar-refractivity contribution in [3.05, 3.63) is 0 Å². The van der Waals surface area contributed by atoms with E-state index in [1.807, 2.05) is 11.8 Å². The summed E-state index contributed by atoms with van der Waals surface area (Å²) in [4.78, 5) is 39.9. The van der Waals surface area contributed by atoms with E-state index in [2.05, 4.69) is 10.6 Å². The topological polar surface area (TPSA) is 81.8 Å². The van der Waals surface area contributed by atoms with Crippen molar-refractivity contribution in [3.8, 4) is 0 Å². The number of nitrogens with zero attached hydrogens (tertiary/aromatic N) is 2. The summed E-state index contributed by atoms with van der Waals surface area (Å²) in [5.74, 6) is -0.127. The quantitative estimate of drug-likeness (QED) is 0.730. The number of carbonyl (C=O) groups is 3. The number of urea groups is 1. The van der Waals surface area contributed by atoms with Crippen LogP contribution in [-0.2, 0) is 9.59 Å². The van der Waals surface area contributed by atoms with Crippen molar-refractivity contribution in [2.24, 2.45) is 0 Å². The van der Waals surface area contributed by atoms with Gasteiger partial charge in [-0.1, -0.05) is 12.8 Å². The molecule has 0 aromatic rings. The summed E-state index contributed by atoms with van der Waals surface area (Å²) in [6, 6.07) is -0.182. The Morgan fingerprint density at radius 2 is 2.00 bits per heavy atom. The zero-order chi connectivity index (χ0) is 15.7. The smallest absolute Gasteiger partial charge is 0.325 e. The molecule has 7 nitrogen and oxygen atoms in total. The lowest BCUT2D eigenvalue weighted by atomic mass is 9.98. The Bertz CT molecular complexity index is 493. The highest BCUT2D eigenvalue weighted by Gasteiger charge is 2.52. The SMILES string of the molecule is CC1CNCCN1C(=O)CCN1C(=O)NC2(CCCC2)C1=O.Cl. The number of rotatable bonds is 3. The molecule has 2 heterocycles. The van der Waals surface area contributed by atoms with Crippen LogP contribution in [0.5, 0.6) is 0 Å². The lowest BCUT2D eigenvalue weighted by molar-refractivity contribution is -0.135. The summed E-state index contributed by atoms with van der Waals surface area (Å²) < 4.78 is 0. The maximum atomic E-state index is 12.5. The normalized spacial score (nSPS) is 26.4. The third-order valence-electron chi connectivity index (χ3n) is 5.07. The van der Waals surface area contributed by atoms with E-state index in [4.69, 9.17) is 0 Å². The lowest BCUT2D eigenvalue weighted by Gasteiger charge is -2.34. The molecule has 23 heavy (non-hydrogen) atoms. The predicted octanol–water partition coefficient (Wildman–Crippen LogP) is 0.483. The van der Waals surface area contributed by atoms with Gasteiger partial charge in [0.1, 0.15) is 5.54 Å². The van der Waals surface area contributed by atoms with Gasteiger partial charge in [0.15, 0.2) is 0 Å². The molecule has 3 rings (SSSR count). The van der Waals surface area contributed by atoms with Crippen LogP contribution in [0, 0.1) is 0 Å². The van der Waals surface area contributed by atoms with Crippen LogP contribution in [0.3, 0.4) is 0 Å². The molecule has 0 aromatic carbocycles. The zero-order valence-electron chi connectivity index (χ0n) is 13.5. The van der Waals surface area contributed by atoms with Crippen LogP contribution in [-0.4, -0.2) is 65.4 Å². The van der Waals surface area contributed by atoms with Gasteiger partial charge < -0.3 is 15.5 Å². The van der Waals surface area contributed by atoms with E-state index >= 15 is 0 Å². The van der Waals surface area contributed by atoms with Gasteiger partial charge in [-0.25, -0.2) is 4.79 Å². The maximum absolute atomic E-state index is 12.5. The molecule has 1 spiro atoms. The first-order chi connectivity index (χ1) is 10.5. The number of imide groups is 1. The van der Waals surface area contributed by atoms with Crippen molar-refractivity contribution in [1.82, 2.24) is 20.4 Å². The monoisotopic (exact) mass is 344 g/mol. The van der Waals surface area contributed by atoms with E-state index in [9.17, 15) is 14.4 Å². The summed E-state index contributed by atoms with van der Waals surface area (Å²) >= 11 is 0. The Hall–Kier alpha value is -1.34. The van der Waals surface area contributed by atoms with Gasteiger partial charge in [-0.15, -0.1) is 12.4 Å². The van der Waals surface area contributed by atoms with E-state index in [0.717, 1.165) is 38.8 Å². The fraction of sp³-hybridized carbons (Fsp3) is 0.800. The molecule has 1 atom stereocenters. The second-order valence-corrected chi connectivity index (χ2v) is 6.57. The molecular formula is C15H25ClN4O3. The van der Waals surface area contributed by atoms with Crippen LogP contribution in [0.15, 0.2) is 0 Å². The molecule has 130 valence electrons. The molecule has 8 heteroatoms. The Morgan fingerprint density at radius 1 is 1.30 bits per heavy atom. The van der Waals surface area contributed by atoms with Crippen LogP contribution in [0.2, 0.25) is 0 Å². The standard InChI is InChI=1S/C15H24N4O3.ClH/c1-11-10-16-7-9-18(11)12(20)4-8-19-13(21)15(17-14(19)22)5-2-3-6-15;/h11,16H,2-10H2,1H3,(H,17,22);1H. The van der Waals surface area contributed by atoms with Crippen molar-refractivity contribution in [1.29, 1.82) is 0 Å². The third kappa shape index (κ3) is 3.30. The lowest BCUT2D eigenvalue weighted by Crippen LogP contribution is -2.52. The molecule has 0 bridgehead atoms. The Labute approximate surface area is 142 Å². The Kier molecular flexibility index (Phi) is 5.52. The fourth-order valence-corrected chi connectivity index (χ4v) is 3.76. The van der Waals surface area contributed by atoms with E-state index in [1.54, 1.807) is 0 Å². The number of halogens is 1. The van der Waals surface area contributed by atoms with Gasteiger partial charge in [-0.05, 0) is 19.8 Å². The van der Waals surface area contributed by atoms with Gasteiger partial charge in [0.2, 0.25) is 5.91 Å². The van der Waals surface area contributed by atoms with Crippen molar-refractivity contribution < 1.29 is 14.4 Å². The summed E-state index contributed by atoms with van der Waals surface area (Å²) in [7, 11) is 0. The molecule has 3 fully saturated rings. The van der Waals surface area contributed by atoms with Crippen molar-refractivity contribution in [3.63, 3.8) is 0 Å². The molecule has 2 N–H and O–H groups in total. The molecule has 0 radical (unpaired) electrons. The first-order valence-corrected chi connectivity index (χ1v) is 8.18. The molecule has 2 aliphatic heterocycles. The number of amides is 4. The van der Waals surface area contributed by atoms with Crippen LogP contribution >= 0.6 is 12.4 Å². The average Bonchev–Trinajstić information content (AvgIpc) is 3.05. The zero-order valence-corrected chi connectivity index (χ0v) is 14.3. The molecule has 4 amide bonds. The van der Waals surface area contributed by atoms with E-state index < -0.39 is 5.54 Å². The fourth-order valence-electron chi connectivity index (χ4n) is 3.76. The summed E-state index contributed by atoms with van der Waals surface area (Å²) in [6.45, 7) is 4.46. The molecule has 1 unspecified atom stereocenters. The largest absolute Gasteiger partial charge is 0.337 e. The molecular weight excluding hydrogens is 320 g/mol. The highest BCUT2D eigenvalue weighted by molar-refractivity contribution is 6.07. The summed E-state index contributed by atoms with van der Waals surface area (Å²) in [5, 5.41) is 6.08. The number of carbonyl (C=O) groups excluding carboxylic acids is 3. The molecule has 0 aromatic heterocycles. The first kappa shape index (κ1) is 18.0. The predicted molar refractivity (Wildman–Crippen MR) is 87.4 cm³/mol. The van der Waals surface area contributed by atoms with Crippen molar-refractivity contribution in [2.45, 2.75) is 50.6 Å². The number of hydrogen-bond acceptors (Lipinski definition) is 4. The first-order valence-electron chi connectivity index (χ1n) is 8.18. The van der Waals surface area contributed by atoms with E-state index in [-0.39, 0.29) is 49.3 Å². The van der Waals surface area contributed by atoms with E-state index in [0.29, 0.717) is 6.54 Å². The van der Waals surface area contributed by atoms with Crippen molar-refractivity contribution in [2.75, 3.05) is 26.2 Å². The second-order valence-electron chi connectivity index (χ2n) is 6.57. The minimum absolute atomic E-state index is 0. The van der Waals surface area contributed by atoms with Gasteiger partial charge in [0.05, 0.1) is 0 Å². The average molecular weight is 345 g/mol.